The fourth-order valence-corrected chi connectivity index (χ4v) is 2.09. The molecule has 0 aliphatic rings. The van der Waals surface area contributed by atoms with Gasteiger partial charge in [-0.2, -0.15) is 5.10 Å². The molecule has 0 saturated carbocycles. The highest BCUT2D eigenvalue weighted by atomic mass is 79.9. The first-order valence-corrected chi connectivity index (χ1v) is 6.79. The van der Waals surface area contributed by atoms with Crippen molar-refractivity contribution in [2.45, 2.75) is 26.4 Å². The number of nitrogens with one attached hydrogen (secondary N) is 1. The number of carbonyl (C=O) groups excluding carboxylic acids is 1. The van der Waals surface area contributed by atoms with Gasteiger partial charge in [-0.05, 0) is 32.0 Å². The summed E-state index contributed by atoms with van der Waals surface area (Å²) in [7, 11) is 0. The first kappa shape index (κ1) is 13.7. The van der Waals surface area contributed by atoms with E-state index in [-0.39, 0.29) is 11.9 Å². The minimum atomic E-state index is -0.145. The number of pyridine rings is 1. The second-order valence-corrected chi connectivity index (χ2v) is 5.32. The Balaban J connectivity index is 2.03. The van der Waals surface area contributed by atoms with Gasteiger partial charge < -0.3 is 5.32 Å². The van der Waals surface area contributed by atoms with Crippen molar-refractivity contribution in [1.29, 1.82) is 0 Å². The molecule has 0 saturated heterocycles. The fourth-order valence-electron chi connectivity index (χ4n) is 1.71. The summed E-state index contributed by atoms with van der Waals surface area (Å²) >= 11 is 3.37. The molecule has 19 heavy (non-hydrogen) atoms. The van der Waals surface area contributed by atoms with Crippen LogP contribution in [0.25, 0.3) is 0 Å². The van der Waals surface area contributed by atoms with Gasteiger partial charge in [-0.1, -0.05) is 15.9 Å². The van der Waals surface area contributed by atoms with E-state index >= 15 is 0 Å². The molecule has 0 aliphatic heterocycles. The van der Waals surface area contributed by atoms with Gasteiger partial charge in [0.1, 0.15) is 5.69 Å². The van der Waals surface area contributed by atoms with E-state index in [1.807, 2.05) is 26.0 Å². The molecular formula is C13H15BrN4O. The predicted molar refractivity (Wildman–Crippen MR) is 75.7 cm³/mol. The maximum absolute atomic E-state index is 12.1. The molecular weight excluding hydrogens is 308 g/mol. The lowest BCUT2D eigenvalue weighted by Crippen LogP contribution is -2.26. The van der Waals surface area contributed by atoms with Crippen LogP contribution in [0.2, 0.25) is 0 Å². The van der Waals surface area contributed by atoms with E-state index in [1.165, 1.54) is 0 Å². The molecule has 2 aromatic rings. The van der Waals surface area contributed by atoms with Crippen molar-refractivity contribution < 1.29 is 4.79 Å². The zero-order valence-corrected chi connectivity index (χ0v) is 12.4. The molecule has 100 valence electrons. The fraction of sp³-hybridized carbons (Fsp3) is 0.308. The summed E-state index contributed by atoms with van der Waals surface area (Å²) in [5.74, 6) is -0.145. The zero-order chi connectivity index (χ0) is 13.8. The number of hydrogen-bond acceptors (Lipinski definition) is 3. The number of amides is 1. The lowest BCUT2D eigenvalue weighted by Gasteiger charge is -2.10. The van der Waals surface area contributed by atoms with Gasteiger partial charge in [0, 0.05) is 22.9 Å². The van der Waals surface area contributed by atoms with Crippen LogP contribution in [0, 0.1) is 0 Å². The van der Waals surface area contributed by atoms with Gasteiger partial charge in [0.05, 0.1) is 12.2 Å². The minimum absolute atomic E-state index is 0.145. The van der Waals surface area contributed by atoms with Crippen molar-refractivity contribution in [1.82, 2.24) is 20.1 Å². The summed E-state index contributed by atoms with van der Waals surface area (Å²) in [4.78, 5) is 16.3. The third-order valence-electron chi connectivity index (χ3n) is 2.60. The predicted octanol–water partition coefficient (Wildman–Crippen LogP) is 2.55. The standard InChI is InChI=1S/C13H15BrN4O/c1-9(2)18-12(4-6-17-18)13(19)16-8-11-7-10(14)3-5-15-11/h3-7,9H,8H2,1-2H3,(H,16,19). The van der Waals surface area contributed by atoms with Crippen molar-refractivity contribution in [2.24, 2.45) is 0 Å². The summed E-state index contributed by atoms with van der Waals surface area (Å²) in [5, 5.41) is 6.98. The molecule has 0 unspecified atom stereocenters. The van der Waals surface area contributed by atoms with Gasteiger partial charge in [-0.15, -0.1) is 0 Å². The molecule has 2 aromatic heterocycles. The van der Waals surface area contributed by atoms with Crippen LogP contribution < -0.4 is 5.32 Å². The number of hydrogen-bond donors (Lipinski definition) is 1. The highest BCUT2D eigenvalue weighted by Gasteiger charge is 2.13. The van der Waals surface area contributed by atoms with Crippen molar-refractivity contribution in [3.63, 3.8) is 0 Å². The van der Waals surface area contributed by atoms with E-state index in [2.05, 4.69) is 31.3 Å². The van der Waals surface area contributed by atoms with E-state index in [0.717, 1.165) is 10.2 Å². The van der Waals surface area contributed by atoms with Crippen molar-refractivity contribution in [3.8, 4) is 0 Å². The number of aromatic nitrogens is 3. The summed E-state index contributed by atoms with van der Waals surface area (Å²) in [5.41, 5.74) is 1.36. The maximum atomic E-state index is 12.1. The van der Waals surface area contributed by atoms with Crippen LogP contribution in [0.1, 0.15) is 36.1 Å². The van der Waals surface area contributed by atoms with E-state index in [0.29, 0.717) is 12.2 Å². The maximum Gasteiger partial charge on any atom is 0.269 e. The zero-order valence-electron chi connectivity index (χ0n) is 10.8. The average molecular weight is 323 g/mol. The third-order valence-corrected chi connectivity index (χ3v) is 3.09. The largest absolute Gasteiger partial charge is 0.345 e. The number of halogens is 1. The molecule has 0 spiro atoms. The molecule has 0 radical (unpaired) electrons. The first-order chi connectivity index (χ1) is 9.08. The van der Waals surface area contributed by atoms with E-state index in [9.17, 15) is 4.79 Å². The highest BCUT2D eigenvalue weighted by molar-refractivity contribution is 9.10. The second kappa shape index (κ2) is 5.97. The minimum Gasteiger partial charge on any atom is -0.345 e. The Morgan fingerprint density at radius 2 is 2.21 bits per heavy atom. The Labute approximate surface area is 120 Å². The van der Waals surface area contributed by atoms with Crippen LogP contribution in [0.15, 0.2) is 35.1 Å². The molecule has 0 bridgehead atoms. The van der Waals surface area contributed by atoms with Crippen LogP contribution in [0.4, 0.5) is 0 Å². The molecule has 2 heterocycles. The summed E-state index contributed by atoms with van der Waals surface area (Å²) in [6.45, 7) is 4.36. The lowest BCUT2D eigenvalue weighted by atomic mass is 10.3. The molecule has 1 amide bonds. The molecule has 0 fully saturated rings. The Kier molecular flexibility index (Phi) is 4.31. The summed E-state index contributed by atoms with van der Waals surface area (Å²) < 4.78 is 2.64. The first-order valence-electron chi connectivity index (χ1n) is 6.00. The SMILES string of the molecule is CC(C)n1nccc1C(=O)NCc1cc(Br)ccn1. The number of rotatable bonds is 4. The molecule has 2 rings (SSSR count). The third kappa shape index (κ3) is 3.41. The van der Waals surface area contributed by atoms with Gasteiger partial charge in [-0.25, -0.2) is 0 Å². The number of carbonyl (C=O) groups is 1. The Morgan fingerprint density at radius 3 is 2.89 bits per heavy atom. The van der Waals surface area contributed by atoms with Gasteiger partial charge >= 0.3 is 0 Å². The van der Waals surface area contributed by atoms with Crippen LogP contribution in [0.5, 0.6) is 0 Å². The van der Waals surface area contributed by atoms with Gasteiger partial charge in [0.15, 0.2) is 0 Å². The lowest BCUT2D eigenvalue weighted by molar-refractivity contribution is 0.0937. The van der Waals surface area contributed by atoms with Crippen LogP contribution in [0.3, 0.4) is 0 Å². The average Bonchev–Trinajstić information content (AvgIpc) is 2.85. The topological polar surface area (TPSA) is 59.8 Å². The molecule has 5 nitrogen and oxygen atoms in total. The van der Waals surface area contributed by atoms with Crippen molar-refractivity contribution >= 4 is 21.8 Å². The second-order valence-electron chi connectivity index (χ2n) is 4.40. The van der Waals surface area contributed by atoms with Crippen molar-refractivity contribution in [2.75, 3.05) is 0 Å². The monoisotopic (exact) mass is 322 g/mol. The van der Waals surface area contributed by atoms with Gasteiger partial charge in [-0.3, -0.25) is 14.5 Å². The molecule has 1 N–H and O–H groups in total. The molecule has 0 atom stereocenters. The Bertz CT molecular complexity index is 580. The molecule has 0 aromatic carbocycles. The van der Waals surface area contributed by atoms with E-state index in [4.69, 9.17) is 0 Å². The van der Waals surface area contributed by atoms with Crippen LogP contribution in [-0.4, -0.2) is 20.7 Å². The summed E-state index contributed by atoms with van der Waals surface area (Å²) in [6, 6.07) is 5.59. The van der Waals surface area contributed by atoms with Gasteiger partial charge in [0.25, 0.3) is 5.91 Å². The van der Waals surface area contributed by atoms with Crippen LogP contribution in [-0.2, 0) is 6.54 Å². The van der Waals surface area contributed by atoms with E-state index in [1.54, 1.807) is 23.1 Å². The van der Waals surface area contributed by atoms with Crippen molar-refractivity contribution in [3.05, 3.63) is 46.5 Å². The van der Waals surface area contributed by atoms with Crippen LogP contribution >= 0.6 is 15.9 Å². The Morgan fingerprint density at radius 1 is 1.42 bits per heavy atom. The van der Waals surface area contributed by atoms with Gasteiger partial charge in [0.2, 0.25) is 0 Å². The highest BCUT2D eigenvalue weighted by Crippen LogP contribution is 2.10. The molecule has 6 heteroatoms. The smallest absolute Gasteiger partial charge is 0.269 e. The normalized spacial score (nSPS) is 10.7. The Hall–Kier alpha value is -1.69. The quantitative estimate of drug-likeness (QED) is 0.941. The summed E-state index contributed by atoms with van der Waals surface area (Å²) in [6.07, 6.45) is 3.33. The number of nitrogens with zero attached hydrogens (tertiary/aromatic N) is 3. The van der Waals surface area contributed by atoms with E-state index < -0.39 is 0 Å². The molecule has 0 aliphatic carbocycles.